The second-order valence-corrected chi connectivity index (χ2v) is 8.18. The summed E-state index contributed by atoms with van der Waals surface area (Å²) in [5, 5.41) is 10.4. The van der Waals surface area contributed by atoms with Crippen molar-refractivity contribution in [1.82, 2.24) is 4.90 Å². The van der Waals surface area contributed by atoms with Crippen molar-refractivity contribution in [2.75, 3.05) is 24.6 Å². The van der Waals surface area contributed by atoms with Crippen LogP contribution in [0.2, 0.25) is 0 Å². The van der Waals surface area contributed by atoms with Crippen molar-refractivity contribution in [2.24, 2.45) is 11.8 Å². The summed E-state index contributed by atoms with van der Waals surface area (Å²) in [6, 6.07) is 9.04. The molecule has 2 saturated heterocycles. The topological polar surface area (TPSA) is 43.8 Å². The zero-order valence-electron chi connectivity index (χ0n) is 15.0. The summed E-state index contributed by atoms with van der Waals surface area (Å²) >= 11 is 0. The number of aliphatic hydroxyl groups is 1. The molecule has 25 heavy (non-hydrogen) atoms. The Labute approximate surface area is 149 Å². The number of piperidine rings is 1. The van der Waals surface area contributed by atoms with Crippen LogP contribution >= 0.6 is 0 Å². The van der Waals surface area contributed by atoms with Gasteiger partial charge in [-0.1, -0.05) is 29.8 Å². The first-order valence-corrected chi connectivity index (χ1v) is 9.52. The van der Waals surface area contributed by atoms with Gasteiger partial charge >= 0.3 is 0 Å². The monoisotopic (exact) mass is 338 g/mol. The van der Waals surface area contributed by atoms with Gasteiger partial charge < -0.3 is 10.0 Å². The summed E-state index contributed by atoms with van der Waals surface area (Å²) in [5.74, 6) is 0.621. The van der Waals surface area contributed by atoms with E-state index in [-0.39, 0.29) is 29.9 Å². The molecule has 5 rings (SSSR count). The van der Waals surface area contributed by atoms with Gasteiger partial charge in [0.2, 0.25) is 5.91 Å². The number of carbonyl (C=O) groups is 1. The first-order chi connectivity index (χ1) is 12.1. The fraction of sp³-hybridized carbons (Fsp3) is 0.571. The minimum absolute atomic E-state index is 0.00850. The largest absolute Gasteiger partial charge is 0.396 e. The maximum atomic E-state index is 12.7. The summed E-state index contributed by atoms with van der Waals surface area (Å²) in [7, 11) is 0. The number of para-hydroxylation sites is 1. The van der Waals surface area contributed by atoms with Gasteiger partial charge in [-0.15, -0.1) is 0 Å². The number of benzene rings is 1. The minimum atomic E-state index is -0.00850. The fourth-order valence-corrected chi connectivity index (χ4v) is 6.69. The highest BCUT2D eigenvalue weighted by Gasteiger charge is 2.67. The van der Waals surface area contributed by atoms with Crippen LogP contribution in [0.5, 0.6) is 0 Å². The van der Waals surface area contributed by atoms with Crippen LogP contribution in [0, 0.1) is 11.8 Å². The number of allylic oxidation sites excluding steroid dienone is 1. The number of aliphatic hydroxyl groups excluding tert-OH is 1. The Balaban J connectivity index is 1.77. The summed E-state index contributed by atoms with van der Waals surface area (Å²) in [6.07, 6.45) is 4.44. The van der Waals surface area contributed by atoms with E-state index in [0.717, 1.165) is 31.6 Å². The van der Waals surface area contributed by atoms with Crippen molar-refractivity contribution < 1.29 is 9.90 Å². The van der Waals surface area contributed by atoms with E-state index in [9.17, 15) is 9.90 Å². The first kappa shape index (κ1) is 15.6. The predicted molar refractivity (Wildman–Crippen MR) is 97.5 cm³/mol. The predicted octanol–water partition coefficient (Wildman–Crippen LogP) is 2.32. The van der Waals surface area contributed by atoms with E-state index in [1.807, 2.05) is 11.0 Å². The van der Waals surface area contributed by atoms with E-state index < -0.39 is 0 Å². The highest BCUT2D eigenvalue weighted by atomic mass is 16.3. The maximum Gasteiger partial charge on any atom is 0.224 e. The van der Waals surface area contributed by atoms with Crippen molar-refractivity contribution in [3.8, 4) is 0 Å². The molecule has 132 valence electrons. The molecule has 4 heteroatoms. The number of nitrogens with zero attached hydrogens (tertiary/aromatic N) is 2. The molecule has 1 saturated carbocycles. The zero-order valence-corrected chi connectivity index (χ0v) is 15.0. The summed E-state index contributed by atoms with van der Waals surface area (Å²) in [6.45, 7) is 6.06. The molecule has 1 aliphatic carbocycles. The van der Waals surface area contributed by atoms with Crippen LogP contribution in [0.15, 0.2) is 35.9 Å². The molecule has 1 N–H and O–H groups in total. The molecule has 3 heterocycles. The van der Waals surface area contributed by atoms with E-state index in [4.69, 9.17) is 0 Å². The minimum Gasteiger partial charge on any atom is -0.396 e. The smallest absolute Gasteiger partial charge is 0.224 e. The molecular weight excluding hydrogens is 312 g/mol. The Morgan fingerprint density at radius 1 is 1.40 bits per heavy atom. The number of amides is 1. The molecule has 0 aromatic heterocycles. The molecule has 0 unspecified atom stereocenters. The number of hydrogen-bond donors (Lipinski definition) is 1. The van der Waals surface area contributed by atoms with Crippen LogP contribution in [0.3, 0.4) is 0 Å². The van der Waals surface area contributed by atoms with Crippen molar-refractivity contribution >= 4 is 11.6 Å². The van der Waals surface area contributed by atoms with Gasteiger partial charge in [0.15, 0.2) is 0 Å². The standard InChI is InChI=1S/C21H26N2O2/c1-3-14-11-22-9-8-21-17-6-4-5-7-18(17)23(13(2)25)20(21)16(12-24)15(14)10-19(21)22/h3-7,15-16,19-20,24H,8-12H2,1-2H3/b14-3-/t15-,16-,19-,20-,21+/m0/s1. The Morgan fingerprint density at radius 2 is 2.20 bits per heavy atom. The Bertz CT molecular complexity index is 773. The van der Waals surface area contributed by atoms with Gasteiger partial charge in [-0.05, 0) is 43.9 Å². The second-order valence-electron chi connectivity index (χ2n) is 8.18. The van der Waals surface area contributed by atoms with E-state index in [1.54, 1.807) is 6.92 Å². The Hall–Kier alpha value is -1.65. The highest BCUT2D eigenvalue weighted by molar-refractivity contribution is 5.96. The van der Waals surface area contributed by atoms with Crippen LogP contribution in [-0.4, -0.2) is 47.7 Å². The van der Waals surface area contributed by atoms with Crippen LogP contribution < -0.4 is 4.90 Å². The summed E-state index contributed by atoms with van der Waals surface area (Å²) in [4.78, 5) is 17.3. The van der Waals surface area contributed by atoms with Gasteiger partial charge in [-0.3, -0.25) is 9.69 Å². The number of rotatable bonds is 1. The normalized spacial score (nSPS) is 40.3. The lowest BCUT2D eigenvalue weighted by Gasteiger charge is -2.56. The lowest BCUT2D eigenvalue weighted by atomic mass is 9.55. The fourth-order valence-electron chi connectivity index (χ4n) is 6.69. The quantitative estimate of drug-likeness (QED) is 0.799. The number of hydrogen-bond acceptors (Lipinski definition) is 3. The van der Waals surface area contributed by atoms with Gasteiger partial charge in [-0.2, -0.15) is 0 Å². The van der Waals surface area contributed by atoms with Gasteiger partial charge in [0.25, 0.3) is 0 Å². The van der Waals surface area contributed by atoms with Gasteiger partial charge in [0.05, 0.1) is 6.04 Å². The third kappa shape index (κ3) is 1.72. The van der Waals surface area contributed by atoms with Gasteiger partial charge in [0, 0.05) is 43.1 Å². The molecule has 1 amide bonds. The lowest BCUT2D eigenvalue weighted by Crippen LogP contribution is -2.65. The summed E-state index contributed by atoms with van der Waals surface area (Å²) < 4.78 is 0. The molecular formula is C21H26N2O2. The third-order valence-corrected chi connectivity index (χ3v) is 7.50. The van der Waals surface area contributed by atoms with E-state index in [0.29, 0.717) is 12.0 Å². The molecule has 1 spiro atoms. The molecule has 4 aliphatic rings. The van der Waals surface area contributed by atoms with Crippen LogP contribution in [0.25, 0.3) is 0 Å². The molecule has 4 nitrogen and oxygen atoms in total. The molecule has 2 bridgehead atoms. The van der Waals surface area contributed by atoms with Crippen LogP contribution in [0.1, 0.15) is 32.3 Å². The molecule has 3 aliphatic heterocycles. The van der Waals surface area contributed by atoms with E-state index >= 15 is 0 Å². The zero-order chi connectivity index (χ0) is 17.3. The molecule has 1 aromatic rings. The number of fused-ring (bicyclic) bond motifs is 2. The van der Waals surface area contributed by atoms with Gasteiger partial charge in [0.1, 0.15) is 0 Å². The van der Waals surface area contributed by atoms with Crippen LogP contribution in [-0.2, 0) is 10.2 Å². The van der Waals surface area contributed by atoms with Crippen molar-refractivity contribution in [3.05, 3.63) is 41.5 Å². The molecule has 5 atom stereocenters. The van der Waals surface area contributed by atoms with Crippen molar-refractivity contribution in [3.63, 3.8) is 0 Å². The maximum absolute atomic E-state index is 12.7. The number of carbonyl (C=O) groups excluding carboxylic acids is 1. The van der Waals surface area contributed by atoms with Crippen molar-refractivity contribution in [1.29, 1.82) is 0 Å². The Morgan fingerprint density at radius 3 is 2.92 bits per heavy atom. The SMILES string of the molecule is C/C=C1/CN2CC[C@]34c5ccccc5N(C(C)=O)[C@H]3[C@@H](CO)[C@H]1C[C@H]24. The van der Waals surface area contributed by atoms with Crippen LogP contribution in [0.4, 0.5) is 5.69 Å². The second kappa shape index (κ2) is 5.18. The molecule has 3 fully saturated rings. The van der Waals surface area contributed by atoms with Gasteiger partial charge in [-0.25, -0.2) is 0 Å². The Kier molecular flexibility index (Phi) is 3.23. The molecule has 1 aromatic carbocycles. The van der Waals surface area contributed by atoms with E-state index in [2.05, 4.69) is 36.1 Å². The molecule has 0 radical (unpaired) electrons. The third-order valence-electron chi connectivity index (χ3n) is 7.50. The van der Waals surface area contributed by atoms with Crippen molar-refractivity contribution in [2.45, 2.75) is 44.2 Å². The average Bonchev–Trinajstić information content (AvgIpc) is 3.15. The lowest BCUT2D eigenvalue weighted by molar-refractivity contribution is -0.118. The van der Waals surface area contributed by atoms with E-state index in [1.165, 1.54) is 11.1 Å². The number of anilines is 1. The first-order valence-electron chi connectivity index (χ1n) is 9.52. The summed E-state index contributed by atoms with van der Waals surface area (Å²) in [5.41, 5.74) is 3.86. The highest BCUT2D eigenvalue weighted by Crippen LogP contribution is 2.63. The average molecular weight is 338 g/mol.